The summed E-state index contributed by atoms with van der Waals surface area (Å²) in [5.74, 6) is -0.223. The van der Waals surface area contributed by atoms with E-state index >= 15 is 0 Å². The SMILES string of the molecule is CN(CC(C)(C)CNC(=O)O)C(=O)CCl. The Morgan fingerprint density at radius 1 is 1.47 bits per heavy atom. The van der Waals surface area contributed by atoms with E-state index in [1.807, 2.05) is 13.8 Å². The highest BCUT2D eigenvalue weighted by molar-refractivity contribution is 6.27. The molecule has 0 unspecified atom stereocenters. The van der Waals surface area contributed by atoms with Gasteiger partial charge in [-0.25, -0.2) is 4.79 Å². The molecule has 0 atom stereocenters. The van der Waals surface area contributed by atoms with E-state index in [4.69, 9.17) is 16.7 Å². The molecule has 0 aromatic heterocycles. The highest BCUT2D eigenvalue weighted by Gasteiger charge is 2.22. The first kappa shape index (κ1) is 14.0. The highest BCUT2D eigenvalue weighted by atomic mass is 35.5. The van der Waals surface area contributed by atoms with Gasteiger partial charge in [0.15, 0.2) is 0 Å². The van der Waals surface area contributed by atoms with Crippen LogP contribution in [0, 0.1) is 5.41 Å². The van der Waals surface area contributed by atoms with Gasteiger partial charge in [-0.2, -0.15) is 0 Å². The van der Waals surface area contributed by atoms with Crippen LogP contribution in [0.5, 0.6) is 0 Å². The zero-order valence-electron chi connectivity index (χ0n) is 9.21. The number of amides is 2. The van der Waals surface area contributed by atoms with Gasteiger partial charge in [0.2, 0.25) is 5.91 Å². The van der Waals surface area contributed by atoms with Gasteiger partial charge >= 0.3 is 6.09 Å². The molecule has 0 aliphatic rings. The summed E-state index contributed by atoms with van der Waals surface area (Å²) in [7, 11) is 1.65. The van der Waals surface area contributed by atoms with Gasteiger partial charge in [-0.15, -0.1) is 11.6 Å². The number of alkyl halides is 1. The molecule has 0 radical (unpaired) electrons. The fourth-order valence-electron chi connectivity index (χ4n) is 1.20. The monoisotopic (exact) mass is 236 g/mol. The molecule has 0 heterocycles. The maximum absolute atomic E-state index is 11.2. The van der Waals surface area contributed by atoms with E-state index in [0.717, 1.165) is 0 Å². The van der Waals surface area contributed by atoms with Crippen molar-refractivity contribution in [3.63, 3.8) is 0 Å². The summed E-state index contributed by atoms with van der Waals surface area (Å²) in [4.78, 5) is 23.0. The predicted molar refractivity (Wildman–Crippen MR) is 58.2 cm³/mol. The van der Waals surface area contributed by atoms with Gasteiger partial charge in [0.25, 0.3) is 0 Å². The van der Waals surface area contributed by atoms with Crippen LogP contribution in [-0.4, -0.2) is 48.0 Å². The summed E-state index contributed by atoms with van der Waals surface area (Å²) in [6, 6.07) is 0. The molecule has 88 valence electrons. The van der Waals surface area contributed by atoms with E-state index in [0.29, 0.717) is 13.1 Å². The quantitative estimate of drug-likeness (QED) is 0.699. The van der Waals surface area contributed by atoms with Crippen molar-refractivity contribution in [3.8, 4) is 0 Å². The lowest BCUT2D eigenvalue weighted by Crippen LogP contribution is -2.42. The van der Waals surface area contributed by atoms with Crippen molar-refractivity contribution in [2.75, 3.05) is 26.0 Å². The maximum atomic E-state index is 11.2. The number of carbonyl (C=O) groups is 2. The van der Waals surface area contributed by atoms with Crippen LogP contribution in [0.15, 0.2) is 0 Å². The first-order valence-electron chi connectivity index (χ1n) is 4.55. The summed E-state index contributed by atoms with van der Waals surface area (Å²) >= 11 is 5.40. The number of nitrogens with one attached hydrogen (secondary N) is 1. The van der Waals surface area contributed by atoms with Gasteiger partial charge in [-0.3, -0.25) is 4.79 Å². The second kappa shape index (κ2) is 5.80. The summed E-state index contributed by atoms with van der Waals surface area (Å²) in [5.41, 5.74) is -0.311. The predicted octanol–water partition coefficient (Wildman–Crippen LogP) is 0.977. The summed E-state index contributed by atoms with van der Waals surface area (Å²) in [6.45, 7) is 4.50. The van der Waals surface area contributed by atoms with Crippen LogP contribution >= 0.6 is 11.6 Å². The van der Waals surface area contributed by atoms with Gasteiger partial charge in [0, 0.05) is 20.1 Å². The summed E-state index contributed by atoms with van der Waals surface area (Å²) in [6.07, 6.45) is -1.06. The molecule has 0 spiro atoms. The topological polar surface area (TPSA) is 69.6 Å². The molecule has 2 N–H and O–H groups in total. The number of halogens is 1. The third-order valence-electron chi connectivity index (χ3n) is 1.92. The van der Waals surface area contributed by atoms with Crippen molar-refractivity contribution in [1.82, 2.24) is 10.2 Å². The van der Waals surface area contributed by atoms with Crippen LogP contribution in [0.25, 0.3) is 0 Å². The number of nitrogens with zero attached hydrogens (tertiary/aromatic N) is 1. The minimum absolute atomic E-state index is 0.0566. The van der Waals surface area contributed by atoms with E-state index in [1.165, 1.54) is 4.90 Å². The Bertz CT molecular complexity index is 244. The minimum Gasteiger partial charge on any atom is -0.465 e. The normalized spacial score (nSPS) is 10.9. The third kappa shape index (κ3) is 6.17. The fourth-order valence-corrected chi connectivity index (χ4v) is 1.41. The molecule has 0 aliphatic heterocycles. The fraction of sp³-hybridized carbons (Fsp3) is 0.778. The first-order chi connectivity index (χ1) is 6.78. The lowest BCUT2D eigenvalue weighted by atomic mass is 9.93. The van der Waals surface area contributed by atoms with Gasteiger partial charge in [-0.1, -0.05) is 13.8 Å². The van der Waals surface area contributed by atoms with Crippen molar-refractivity contribution in [1.29, 1.82) is 0 Å². The van der Waals surface area contributed by atoms with Crippen LogP contribution in [-0.2, 0) is 4.79 Å². The molecule has 0 fully saturated rings. The molecule has 2 amide bonds. The molecular weight excluding hydrogens is 220 g/mol. The Morgan fingerprint density at radius 3 is 2.40 bits per heavy atom. The third-order valence-corrected chi connectivity index (χ3v) is 2.15. The smallest absolute Gasteiger partial charge is 0.404 e. The van der Waals surface area contributed by atoms with Crippen molar-refractivity contribution in [2.24, 2.45) is 5.41 Å². The Balaban J connectivity index is 4.12. The van der Waals surface area contributed by atoms with Crippen LogP contribution in [0.4, 0.5) is 4.79 Å². The lowest BCUT2D eigenvalue weighted by Gasteiger charge is -2.29. The summed E-state index contributed by atoms with van der Waals surface area (Å²) < 4.78 is 0. The molecule has 0 aliphatic carbocycles. The van der Waals surface area contributed by atoms with Crippen molar-refractivity contribution in [2.45, 2.75) is 13.8 Å². The van der Waals surface area contributed by atoms with Gasteiger partial charge in [0.05, 0.1) is 0 Å². The van der Waals surface area contributed by atoms with Crippen LogP contribution in [0.1, 0.15) is 13.8 Å². The summed E-state index contributed by atoms with van der Waals surface area (Å²) in [5, 5.41) is 10.7. The molecule has 0 aromatic rings. The maximum Gasteiger partial charge on any atom is 0.404 e. The zero-order valence-corrected chi connectivity index (χ0v) is 9.97. The molecule has 6 heteroatoms. The lowest BCUT2D eigenvalue weighted by molar-refractivity contribution is -0.128. The molecule has 0 bridgehead atoms. The Kier molecular flexibility index (Phi) is 5.43. The second-order valence-electron chi connectivity index (χ2n) is 4.21. The molecular formula is C9H17ClN2O3. The number of hydrogen-bond acceptors (Lipinski definition) is 2. The van der Waals surface area contributed by atoms with Crippen LogP contribution in [0.2, 0.25) is 0 Å². The minimum atomic E-state index is -1.06. The largest absolute Gasteiger partial charge is 0.465 e. The Morgan fingerprint density at radius 2 is 2.00 bits per heavy atom. The zero-order chi connectivity index (χ0) is 12.1. The Hall–Kier alpha value is -0.970. The van der Waals surface area contributed by atoms with E-state index in [9.17, 15) is 9.59 Å². The second-order valence-corrected chi connectivity index (χ2v) is 4.47. The number of rotatable bonds is 5. The van der Waals surface area contributed by atoms with Gasteiger partial charge < -0.3 is 15.3 Å². The van der Waals surface area contributed by atoms with E-state index in [2.05, 4.69) is 5.32 Å². The van der Waals surface area contributed by atoms with Gasteiger partial charge in [0.1, 0.15) is 5.88 Å². The van der Waals surface area contributed by atoms with E-state index in [-0.39, 0.29) is 17.2 Å². The van der Waals surface area contributed by atoms with Crippen molar-refractivity contribution in [3.05, 3.63) is 0 Å². The first-order valence-corrected chi connectivity index (χ1v) is 5.08. The van der Waals surface area contributed by atoms with Crippen LogP contribution in [0.3, 0.4) is 0 Å². The highest BCUT2D eigenvalue weighted by Crippen LogP contribution is 2.15. The Labute approximate surface area is 94.4 Å². The molecule has 0 aromatic carbocycles. The number of hydrogen-bond donors (Lipinski definition) is 2. The van der Waals surface area contributed by atoms with Crippen molar-refractivity contribution >= 4 is 23.6 Å². The van der Waals surface area contributed by atoms with Gasteiger partial charge in [-0.05, 0) is 5.41 Å². The number of carbonyl (C=O) groups excluding carboxylic acids is 1. The molecule has 15 heavy (non-hydrogen) atoms. The average molecular weight is 237 g/mol. The molecule has 0 saturated carbocycles. The molecule has 5 nitrogen and oxygen atoms in total. The number of carboxylic acid groups (broad SMARTS) is 1. The van der Waals surface area contributed by atoms with E-state index in [1.54, 1.807) is 7.05 Å². The van der Waals surface area contributed by atoms with Crippen molar-refractivity contribution < 1.29 is 14.7 Å². The molecule has 0 rings (SSSR count). The standard InChI is InChI=1S/C9H17ClN2O3/c1-9(2,5-11-8(14)15)6-12(3)7(13)4-10/h11H,4-6H2,1-3H3,(H,14,15). The average Bonchev–Trinajstić information content (AvgIpc) is 2.13. The van der Waals surface area contributed by atoms with E-state index < -0.39 is 6.09 Å². The van der Waals surface area contributed by atoms with Crippen LogP contribution < -0.4 is 5.32 Å². The molecule has 0 saturated heterocycles.